The zero-order valence-corrected chi connectivity index (χ0v) is 11.1. The predicted molar refractivity (Wildman–Crippen MR) is 69.4 cm³/mol. The average molecular weight is 270 g/mol. The normalized spacial score (nSPS) is 10.2. The molecule has 1 aromatic heterocycles. The van der Waals surface area contributed by atoms with Gasteiger partial charge in [0.05, 0.1) is 5.56 Å². The predicted octanol–water partition coefficient (Wildman–Crippen LogP) is 1.24. The van der Waals surface area contributed by atoms with Gasteiger partial charge in [0, 0.05) is 25.2 Å². The molecule has 0 atom stereocenters. The lowest BCUT2D eigenvalue weighted by molar-refractivity contribution is -0.123. The molecule has 0 bridgehead atoms. The molecule has 1 rings (SSSR count). The largest absolute Gasteiger partial charge is 0.354 e. The van der Waals surface area contributed by atoms with E-state index in [2.05, 4.69) is 15.6 Å². The highest BCUT2D eigenvalue weighted by Crippen LogP contribution is 2.10. The van der Waals surface area contributed by atoms with Gasteiger partial charge in [-0.1, -0.05) is 25.4 Å². The van der Waals surface area contributed by atoms with E-state index in [1.807, 2.05) is 13.8 Å². The highest BCUT2D eigenvalue weighted by molar-refractivity contribution is 6.32. The maximum absolute atomic E-state index is 11.7. The Morgan fingerprint density at radius 2 is 2.00 bits per heavy atom. The molecule has 0 fully saturated rings. The Labute approximate surface area is 111 Å². The van der Waals surface area contributed by atoms with Gasteiger partial charge in [-0.15, -0.1) is 0 Å². The van der Waals surface area contributed by atoms with Crippen molar-refractivity contribution < 1.29 is 9.59 Å². The summed E-state index contributed by atoms with van der Waals surface area (Å²) in [5.41, 5.74) is 0.328. The molecule has 0 aliphatic rings. The SMILES string of the molecule is CC(C)C(=O)NCCNC(=O)c1cccnc1Cl. The van der Waals surface area contributed by atoms with E-state index in [1.54, 1.807) is 12.1 Å². The van der Waals surface area contributed by atoms with Crippen LogP contribution in [0.5, 0.6) is 0 Å². The van der Waals surface area contributed by atoms with Crippen molar-refractivity contribution >= 4 is 23.4 Å². The molecular formula is C12H16ClN3O2. The summed E-state index contributed by atoms with van der Waals surface area (Å²) >= 11 is 5.78. The number of rotatable bonds is 5. The van der Waals surface area contributed by atoms with E-state index in [9.17, 15) is 9.59 Å². The molecule has 18 heavy (non-hydrogen) atoms. The van der Waals surface area contributed by atoms with Crippen molar-refractivity contribution in [1.29, 1.82) is 0 Å². The number of carbonyl (C=O) groups is 2. The first-order valence-corrected chi connectivity index (χ1v) is 6.06. The summed E-state index contributed by atoms with van der Waals surface area (Å²) in [6, 6.07) is 3.23. The fraction of sp³-hybridized carbons (Fsp3) is 0.417. The highest BCUT2D eigenvalue weighted by Gasteiger charge is 2.10. The second-order valence-electron chi connectivity index (χ2n) is 4.04. The van der Waals surface area contributed by atoms with E-state index in [-0.39, 0.29) is 22.9 Å². The fourth-order valence-electron chi connectivity index (χ4n) is 1.22. The smallest absolute Gasteiger partial charge is 0.254 e. The van der Waals surface area contributed by atoms with Gasteiger partial charge in [0.25, 0.3) is 5.91 Å². The molecule has 2 amide bonds. The Morgan fingerprint density at radius 1 is 1.33 bits per heavy atom. The molecule has 0 aromatic carbocycles. The summed E-state index contributed by atoms with van der Waals surface area (Å²) in [4.78, 5) is 26.8. The molecule has 0 saturated heterocycles. The van der Waals surface area contributed by atoms with Gasteiger partial charge in [-0.2, -0.15) is 0 Å². The molecule has 2 N–H and O–H groups in total. The molecule has 0 aliphatic heterocycles. The maximum atomic E-state index is 11.7. The van der Waals surface area contributed by atoms with Gasteiger partial charge in [0.1, 0.15) is 5.15 Å². The van der Waals surface area contributed by atoms with Crippen LogP contribution in [0.25, 0.3) is 0 Å². The van der Waals surface area contributed by atoms with Crippen molar-refractivity contribution in [2.45, 2.75) is 13.8 Å². The Kier molecular flexibility index (Phi) is 5.58. The zero-order valence-electron chi connectivity index (χ0n) is 10.4. The van der Waals surface area contributed by atoms with Crippen LogP contribution >= 0.6 is 11.6 Å². The first kappa shape index (κ1) is 14.4. The van der Waals surface area contributed by atoms with Gasteiger partial charge in [0.2, 0.25) is 5.91 Å². The topological polar surface area (TPSA) is 71.1 Å². The molecule has 0 saturated carbocycles. The van der Waals surface area contributed by atoms with Crippen molar-refractivity contribution in [3.8, 4) is 0 Å². The van der Waals surface area contributed by atoms with E-state index >= 15 is 0 Å². The molecule has 0 spiro atoms. The van der Waals surface area contributed by atoms with Gasteiger partial charge in [-0.3, -0.25) is 9.59 Å². The Balaban J connectivity index is 2.35. The van der Waals surface area contributed by atoms with Gasteiger partial charge < -0.3 is 10.6 Å². The minimum Gasteiger partial charge on any atom is -0.354 e. The number of halogens is 1. The van der Waals surface area contributed by atoms with E-state index < -0.39 is 0 Å². The Morgan fingerprint density at radius 3 is 2.61 bits per heavy atom. The lowest BCUT2D eigenvalue weighted by atomic mass is 10.2. The van der Waals surface area contributed by atoms with E-state index in [4.69, 9.17) is 11.6 Å². The number of carbonyl (C=O) groups excluding carboxylic acids is 2. The molecular weight excluding hydrogens is 254 g/mol. The van der Waals surface area contributed by atoms with Crippen molar-refractivity contribution in [3.05, 3.63) is 29.0 Å². The molecule has 0 aliphatic carbocycles. The van der Waals surface area contributed by atoms with Crippen LogP contribution in [0.15, 0.2) is 18.3 Å². The second-order valence-corrected chi connectivity index (χ2v) is 4.40. The van der Waals surface area contributed by atoms with Crippen LogP contribution in [0.1, 0.15) is 24.2 Å². The lowest BCUT2D eigenvalue weighted by Crippen LogP contribution is -2.36. The second kappa shape index (κ2) is 6.96. The third-order valence-corrected chi connectivity index (χ3v) is 2.54. The number of hydrogen-bond donors (Lipinski definition) is 2. The van der Waals surface area contributed by atoms with Crippen molar-refractivity contribution in [2.24, 2.45) is 5.92 Å². The molecule has 1 aromatic rings. The molecule has 0 unspecified atom stereocenters. The van der Waals surface area contributed by atoms with E-state index in [0.29, 0.717) is 18.7 Å². The van der Waals surface area contributed by atoms with Gasteiger partial charge in [-0.05, 0) is 12.1 Å². The molecule has 1 heterocycles. The summed E-state index contributed by atoms with van der Waals surface area (Å²) in [6.45, 7) is 4.36. The average Bonchev–Trinajstić information content (AvgIpc) is 2.34. The lowest BCUT2D eigenvalue weighted by Gasteiger charge is -2.09. The summed E-state index contributed by atoms with van der Waals surface area (Å²) in [5, 5.41) is 5.53. The van der Waals surface area contributed by atoms with Crippen molar-refractivity contribution in [2.75, 3.05) is 13.1 Å². The van der Waals surface area contributed by atoms with Crippen molar-refractivity contribution in [1.82, 2.24) is 15.6 Å². The van der Waals surface area contributed by atoms with E-state index in [1.165, 1.54) is 6.20 Å². The summed E-state index contributed by atoms with van der Waals surface area (Å²) in [7, 11) is 0. The van der Waals surface area contributed by atoms with Crippen LogP contribution in [-0.2, 0) is 4.79 Å². The summed E-state index contributed by atoms with van der Waals surface area (Å²) in [5.74, 6) is -0.399. The number of aromatic nitrogens is 1. The number of pyridine rings is 1. The third kappa shape index (κ3) is 4.33. The standard InChI is InChI=1S/C12H16ClN3O2/c1-8(2)11(17)15-6-7-16-12(18)9-4-3-5-14-10(9)13/h3-5,8H,6-7H2,1-2H3,(H,15,17)(H,16,18). The monoisotopic (exact) mass is 269 g/mol. The van der Waals surface area contributed by atoms with Crippen molar-refractivity contribution in [3.63, 3.8) is 0 Å². The molecule has 0 radical (unpaired) electrons. The molecule has 6 heteroatoms. The third-order valence-electron chi connectivity index (χ3n) is 2.24. The zero-order chi connectivity index (χ0) is 13.5. The number of hydrogen-bond acceptors (Lipinski definition) is 3. The molecule has 98 valence electrons. The van der Waals surface area contributed by atoms with Crippen LogP contribution in [0.2, 0.25) is 5.15 Å². The summed E-state index contributed by atoms with van der Waals surface area (Å²) in [6.07, 6.45) is 1.52. The number of amides is 2. The van der Waals surface area contributed by atoms with Crippen LogP contribution in [-0.4, -0.2) is 29.9 Å². The van der Waals surface area contributed by atoms with Crippen LogP contribution in [0.4, 0.5) is 0 Å². The van der Waals surface area contributed by atoms with Crippen LogP contribution in [0, 0.1) is 5.92 Å². The van der Waals surface area contributed by atoms with Gasteiger partial charge in [-0.25, -0.2) is 4.98 Å². The minimum absolute atomic E-state index is 0.0383. The van der Waals surface area contributed by atoms with Gasteiger partial charge >= 0.3 is 0 Å². The highest BCUT2D eigenvalue weighted by atomic mass is 35.5. The Hall–Kier alpha value is -1.62. The molecule has 5 nitrogen and oxygen atoms in total. The van der Waals surface area contributed by atoms with Crippen LogP contribution in [0.3, 0.4) is 0 Å². The fourth-order valence-corrected chi connectivity index (χ4v) is 1.42. The first-order valence-electron chi connectivity index (χ1n) is 5.68. The van der Waals surface area contributed by atoms with Crippen LogP contribution < -0.4 is 10.6 Å². The quantitative estimate of drug-likeness (QED) is 0.624. The minimum atomic E-state index is -0.299. The maximum Gasteiger partial charge on any atom is 0.254 e. The summed E-state index contributed by atoms with van der Waals surface area (Å²) < 4.78 is 0. The number of nitrogens with zero attached hydrogens (tertiary/aromatic N) is 1. The Bertz CT molecular complexity index is 435. The number of nitrogens with one attached hydrogen (secondary N) is 2. The van der Waals surface area contributed by atoms with E-state index in [0.717, 1.165) is 0 Å². The van der Waals surface area contributed by atoms with Gasteiger partial charge in [0.15, 0.2) is 0 Å². The first-order chi connectivity index (χ1) is 8.52.